The molecule has 484 valence electrons. The first-order chi connectivity index (χ1) is 40.9. The SMILES string of the molecule is CC1CC(C)(C)N(CCCC(=O)OC(C)(C)C)c2cc(O)c(C=O)cc21.CC1CC(C)(C)N(CCCC(=O)OC(C)(C)C)c2cc3oc(=O)c(-c4cc[n+](CCCCS(=O)(=O)[O-])cc4)cc3cc21.CCOC(=O)Cc1cc[n+](CCCCS(=O)(=O)[O-])cc1. The van der Waals surface area contributed by atoms with Gasteiger partial charge in [0.05, 0.1) is 44.4 Å². The fourth-order valence-corrected chi connectivity index (χ4v) is 12.5. The topological polar surface area (TPSA) is 275 Å². The van der Waals surface area contributed by atoms with Gasteiger partial charge in [-0.25, -0.2) is 30.8 Å². The summed E-state index contributed by atoms with van der Waals surface area (Å²) in [5.41, 5.74) is 5.46. The molecular formula is C66H92N4O16S2. The van der Waals surface area contributed by atoms with Gasteiger partial charge in [-0.2, -0.15) is 0 Å². The van der Waals surface area contributed by atoms with E-state index in [2.05, 4.69) is 57.4 Å². The van der Waals surface area contributed by atoms with Crippen molar-refractivity contribution in [1.29, 1.82) is 0 Å². The molecule has 5 aromatic rings. The molecule has 2 aliphatic heterocycles. The van der Waals surface area contributed by atoms with Gasteiger partial charge in [0.2, 0.25) is 0 Å². The van der Waals surface area contributed by atoms with Crippen LogP contribution in [0.25, 0.3) is 22.1 Å². The van der Waals surface area contributed by atoms with Gasteiger partial charge in [-0.3, -0.25) is 19.2 Å². The number of pyridine rings is 2. The number of carbonyl (C=O) groups is 4. The number of anilines is 2. The summed E-state index contributed by atoms with van der Waals surface area (Å²) in [6.07, 6.45) is 13.9. The van der Waals surface area contributed by atoms with E-state index in [1.54, 1.807) is 19.1 Å². The molecule has 0 fully saturated rings. The van der Waals surface area contributed by atoms with Crippen LogP contribution in [0.1, 0.15) is 193 Å². The Labute approximate surface area is 520 Å². The standard InChI is InChI=1S/C32H42N2O7S.C21H31NO4.C13H19NO5S/c1-22-21-32(5,6)34(14-9-10-29(35)41-31(2,3)4)27-20-28-24(18-25(22)27)19-26(30(36)40-28)23-11-15-33(16-12-23)13-7-8-17-42(37,38)39;1-14-12-21(5,6)22(9-7-8-19(25)26-20(2,3)4)17-11-18(24)15(13-23)10-16(14)17;1-2-19-13(15)11-12-5-8-14(9-6-12)7-3-4-10-20(16,17)18/h11-12,15-16,18-20,22H,7-10,13-14,17,21H2,1-6H3;10-11,13-14,24H,7-9,12H2,1-6H3;5-6,8-9H,2-4,7,10-11H2,1H3. The number of carbonyl (C=O) groups excluding carboxylic acids is 4. The number of ether oxygens (including phenoxy) is 3. The molecule has 0 aliphatic carbocycles. The molecule has 20 nitrogen and oxygen atoms in total. The quantitative estimate of drug-likeness (QED) is 0.0121. The van der Waals surface area contributed by atoms with Gasteiger partial charge in [0, 0.05) is 120 Å². The van der Waals surface area contributed by atoms with Crippen LogP contribution < -0.4 is 24.6 Å². The minimum atomic E-state index is -4.20. The van der Waals surface area contributed by atoms with Crippen molar-refractivity contribution in [1.82, 2.24) is 0 Å². The highest BCUT2D eigenvalue weighted by atomic mass is 32.2. The lowest BCUT2D eigenvalue weighted by molar-refractivity contribution is -0.697. The Balaban J connectivity index is 0.000000262. The van der Waals surface area contributed by atoms with Crippen molar-refractivity contribution in [3.8, 4) is 16.9 Å². The molecular weight excluding hydrogens is 1170 g/mol. The minimum Gasteiger partial charge on any atom is -0.748 e. The molecule has 0 bridgehead atoms. The average molecular weight is 1260 g/mol. The third-order valence-electron chi connectivity index (χ3n) is 15.2. The Morgan fingerprint density at radius 3 is 1.58 bits per heavy atom. The van der Waals surface area contributed by atoms with Crippen LogP contribution in [0, 0.1) is 0 Å². The number of phenolic OH excluding ortho intramolecular Hbond substituents is 1. The molecule has 0 saturated heterocycles. The number of aromatic nitrogens is 2. The van der Waals surface area contributed by atoms with Crippen molar-refractivity contribution < 1.29 is 78.0 Å². The predicted molar refractivity (Wildman–Crippen MR) is 335 cm³/mol. The molecule has 1 N–H and O–H groups in total. The van der Waals surface area contributed by atoms with Gasteiger partial charge >= 0.3 is 23.5 Å². The molecule has 5 heterocycles. The molecule has 88 heavy (non-hydrogen) atoms. The summed E-state index contributed by atoms with van der Waals surface area (Å²) in [4.78, 5) is 64.4. The first kappa shape index (κ1) is 72.0. The minimum absolute atomic E-state index is 0.000734. The molecule has 2 atom stereocenters. The van der Waals surface area contributed by atoms with Crippen LogP contribution >= 0.6 is 0 Å². The Kier molecular flexibility index (Phi) is 25.1. The van der Waals surface area contributed by atoms with Crippen molar-refractivity contribution >= 4 is 66.8 Å². The van der Waals surface area contributed by atoms with Crippen LogP contribution in [0.4, 0.5) is 11.4 Å². The molecule has 2 aliphatic rings. The predicted octanol–water partition coefficient (Wildman–Crippen LogP) is 10.1. The van der Waals surface area contributed by atoms with E-state index in [0.29, 0.717) is 119 Å². The normalized spacial score (nSPS) is 16.2. The van der Waals surface area contributed by atoms with Gasteiger partial charge in [0.25, 0.3) is 0 Å². The number of phenols is 1. The van der Waals surface area contributed by atoms with Gasteiger partial charge in [-0.1, -0.05) is 13.8 Å². The van der Waals surface area contributed by atoms with Crippen molar-refractivity contribution in [2.45, 2.75) is 208 Å². The number of nitrogens with zero attached hydrogens (tertiary/aromatic N) is 4. The maximum atomic E-state index is 13.1. The zero-order valence-corrected chi connectivity index (χ0v) is 55.3. The number of aromatic hydroxyl groups is 1. The molecule has 7 rings (SSSR count). The number of aryl methyl sites for hydroxylation is 2. The van der Waals surface area contributed by atoms with E-state index in [1.807, 2.05) is 112 Å². The van der Waals surface area contributed by atoms with Gasteiger partial charge < -0.3 is 42.6 Å². The zero-order chi connectivity index (χ0) is 65.6. The van der Waals surface area contributed by atoms with E-state index in [-0.39, 0.29) is 52.7 Å². The molecule has 0 amide bonds. The molecule has 22 heteroatoms. The second-order valence-corrected chi connectivity index (χ2v) is 29.2. The zero-order valence-electron chi connectivity index (χ0n) is 53.6. The van der Waals surface area contributed by atoms with Gasteiger partial charge in [0.1, 0.15) is 35.6 Å². The first-order valence-corrected chi connectivity index (χ1v) is 33.5. The Morgan fingerprint density at radius 2 is 1.14 bits per heavy atom. The highest BCUT2D eigenvalue weighted by Crippen LogP contribution is 2.47. The average Bonchev–Trinajstić information content (AvgIpc) is 0.808. The van der Waals surface area contributed by atoms with Crippen LogP contribution in [0.15, 0.2) is 88.6 Å². The number of aldehydes is 1. The van der Waals surface area contributed by atoms with Crippen molar-refractivity contribution in [2.24, 2.45) is 0 Å². The number of rotatable bonds is 23. The highest BCUT2D eigenvalue weighted by Gasteiger charge is 2.38. The molecule has 3 aromatic heterocycles. The van der Waals surface area contributed by atoms with Crippen LogP contribution in [0.3, 0.4) is 0 Å². The number of benzene rings is 2. The smallest absolute Gasteiger partial charge is 0.344 e. The fourth-order valence-electron chi connectivity index (χ4n) is 11.4. The fraction of sp³-hybridized carbons (Fsp3) is 0.561. The number of esters is 3. The lowest BCUT2D eigenvalue weighted by Crippen LogP contribution is -2.49. The summed E-state index contributed by atoms with van der Waals surface area (Å²) in [5, 5.41) is 11.0. The third kappa shape index (κ3) is 22.7. The summed E-state index contributed by atoms with van der Waals surface area (Å²) in [6.45, 7) is 29.0. The van der Waals surface area contributed by atoms with E-state index in [0.717, 1.165) is 46.3 Å². The van der Waals surface area contributed by atoms with E-state index in [9.17, 15) is 55.0 Å². The Morgan fingerprint density at radius 1 is 0.682 bits per heavy atom. The third-order valence-corrected chi connectivity index (χ3v) is 16.8. The van der Waals surface area contributed by atoms with Crippen LogP contribution in [0.5, 0.6) is 5.75 Å². The first-order valence-electron chi connectivity index (χ1n) is 30.3. The van der Waals surface area contributed by atoms with E-state index in [1.165, 1.54) is 5.56 Å². The largest absolute Gasteiger partial charge is 0.748 e. The summed E-state index contributed by atoms with van der Waals surface area (Å²) in [6, 6.07) is 16.7. The summed E-state index contributed by atoms with van der Waals surface area (Å²) in [7, 11) is -8.31. The molecule has 0 spiro atoms. The Hall–Kier alpha value is -6.75. The molecule has 2 unspecified atom stereocenters. The van der Waals surface area contributed by atoms with Crippen molar-refractivity contribution in [2.75, 3.05) is 41.0 Å². The lowest BCUT2D eigenvalue weighted by atomic mass is 9.79. The summed E-state index contributed by atoms with van der Waals surface area (Å²) in [5.74, 6) is -0.761. The van der Waals surface area contributed by atoms with E-state index < -0.39 is 37.1 Å². The number of hydrogen-bond donors (Lipinski definition) is 1. The highest BCUT2D eigenvalue weighted by molar-refractivity contribution is 7.85. The lowest BCUT2D eigenvalue weighted by Gasteiger charge is -2.47. The van der Waals surface area contributed by atoms with E-state index in [4.69, 9.17) is 18.6 Å². The number of hydrogen-bond acceptors (Lipinski definition) is 18. The molecule has 0 saturated carbocycles. The maximum Gasteiger partial charge on any atom is 0.344 e. The molecule has 2 aromatic carbocycles. The van der Waals surface area contributed by atoms with E-state index >= 15 is 0 Å². The van der Waals surface area contributed by atoms with Gasteiger partial charge in [0.15, 0.2) is 31.1 Å². The summed E-state index contributed by atoms with van der Waals surface area (Å²) < 4.78 is 89.0. The molecule has 0 radical (unpaired) electrons. The maximum absolute atomic E-state index is 13.1. The van der Waals surface area contributed by atoms with Crippen LogP contribution in [0.2, 0.25) is 0 Å². The Bertz CT molecular complexity index is 3500. The van der Waals surface area contributed by atoms with Gasteiger partial charge in [-0.15, -0.1) is 0 Å². The van der Waals surface area contributed by atoms with Crippen LogP contribution in [-0.2, 0) is 68.3 Å². The van der Waals surface area contributed by atoms with Gasteiger partial charge in [-0.05, 0) is 161 Å². The monoisotopic (exact) mass is 1260 g/mol. The second-order valence-electron chi connectivity index (χ2n) is 26.2. The number of fused-ring (bicyclic) bond motifs is 3. The number of unbranched alkanes of at least 4 members (excludes halogenated alkanes) is 2. The van der Waals surface area contributed by atoms with Crippen molar-refractivity contribution in [3.63, 3.8) is 0 Å². The van der Waals surface area contributed by atoms with Crippen molar-refractivity contribution in [3.05, 3.63) is 112 Å². The van der Waals surface area contributed by atoms with Crippen LogP contribution in [-0.4, -0.2) is 109 Å². The second kappa shape index (κ2) is 30.6. The summed E-state index contributed by atoms with van der Waals surface area (Å²) >= 11 is 0.